The van der Waals surface area contributed by atoms with Gasteiger partial charge in [-0.1, -0.05) is 5.10 Å². The normalized spacial score (nSPS) is 10.8. The number of hydrogen-bond acceptors (Lipinski definition) is 2. The van der Waals surface area contributed by atoms with Gasteiger partial charge < -0.3 is 9.13 Å². The van der Waals surface area contributed by atoms with Gasteiger partial charge in [0.2, 0.25) is 5.62 Å². The van der Waals surface area contributed by atoms with E-state index < -0.39 is 0 Å². The second-order valence-corrected chi connectivity index (χ2v) is 2.21. The van der Waals surface area contributed by atoms with Crippen LogP contribution in [0, 0.1) is 0 Å². The number of hydrogen-bond donors (Lipinski definition) is 0. The molecular formula is C6H11N5. The lowest BCUT2D eigenvalue weighted by Gasteiger charge is -1.89. The molecule has 5 nitrogen and oxygen atoms in total. The minimum Gasteiger partial charge on any atom is -0.319 e. The standard InChI is InChI=1S/C6H11N5/c1-7-9-8-6-10(2)4-5-11(6)3/h4-5H,1-3H3/b9-7+. The lowest BCUT2D eigenvalue weighted by molar-refractivity contribution is 0.716. The summed E-state index contributed by atoms with van der Waals surface area (Å²) in [7, 11) is 5.40. The Balaban J connectivity index is 3.20. The van der Waals surface area contributed by atoms with Crippen molar-refractivity contribution < 1.29 is 0 Å². The Morgan fingerprint density at radius 1 is 1.18 bits per heavy atom. The Hall–Kier alpha value is -1.39. The number of nitrogens with zero attached hydrogens (tertiary/aromatic N) is 5. The van der Waals surface area contributed by atoms with Crippen LogP contribution in [0.4, 0.5) is 0 Å². The fourth-order valence-corrected chi connectivity index (χ4v) is 0.808. The first-order valence-corrected chi connectivity index (χ1v) is 3.26. The first kappa shape index (κ1) is 7.71. The van der Waals surface area contributed by atoms with E-state index in [9.17, 15) is 0 Å². The molecule has 0 bridgehead atoms. The highest BCUT2D eigenvalue weighted by Crippen LogP contribution is 1.77. The Bertz CT molecular complexity index is 293. The van der Waals surface area contributed by atoms with Gasteiger partial charge in [0.1, 0.15) is 0 Å². The van der Waals surface area contributed by atoms with Crippen LogP contribution >= 0.6 is 0 Å². The Kier molecular flexibility index (Phi) is 2.20. The van der Waals surface area contributed by atoms with Crippen LogP contribution in [0.25, 0.3) is 0 Å². The molecule has 1 aromatic heterocycles. The molecule has 0 saturated heterocycles. The summed E-state index contributed by atoms with van der Waals surface area (Å²) in [5.74, 6) is 0. The van der Waals surface area contributed by atoms with Crippen molar-refractivity contribution in [2.24, 2.45) is 29.5 Å². The average molecular weight is 153 g/mol. The van der Waals surface area contributed by atoms with Crippen molar-refractivity contribution in [3.63, 3.8) is 0 Å². The molecule has 0 aliphatic rings. The van der Waals surface area contributed by atoms with Crippen LogP contribution in [0.15, 0.2) is 27.8 Å². The summed E-state index contributed by atoms with van der Waals surface area (Å²) in [5.41, 5.74) is 0.774. The van der Waals surface area contributed by atoms with Gasteiger partial charge in [-0.25, -0.2) is 0 Å². The van der Waals surface area contributed by atoms with Crippen LogP contribution in [-0.4, -0.2) is 16.2 Å². The predicted octanol–water partition coefficient (Wildman–Crippen LogP) is 0.261. The van der Waals surface area contributed by atoms with Gasteiger partial charge in [-0.05, 0) is 5.22 Å². The molecule has 0 radical (unpaired) electrons. The summed E-state index contributed by atoms with van der Waals surface area (Å²) in [4.78, 5) is 0. The largest absolute Gasteiger partial charge is 0.319 e. The van der Waals surface area contributed by atoms with Gasteiger partial charge in [0.25, 0.3) is 0 Å². The third-order valence-electron chi connectivity index (χ3n) is 1.37. The van der Waals surface area contributed by atoms with Crippen LogP contribution < -0.4 is 5.62 Å². The molecule has 1 heterocycles. The minimum absolute atomic E-state index is 0.774. The zero-order valence-corrected chi connectivity index (χ0v) is 6.89. The molecule has 1 rings (SSSR count). The van der Waals surface area contributed by atoms with E-state index in [1.807, 2.05) is 35.6 Å². The van der Waals surface area contributed by atoms with Gasteiger partial charge in [-0.15, -0.1) is 0 Å². The number of imidazole rings is 1. The average Bonchev–Trinajstić information content (AvgIpc) is 2.29. The predicted molar refractivity (Wildman–Crippen MR) is 40.7 cm³/mol. The first-order valence-electron chi connectivity index (χ1n) is 3.26. The Morgan fingerprint density at radius 2 is 1.73 bits per heavy atom. The molecule has 0 aromatic carbocycles. The maximum Gasteiger partial charge on any atom is 0.231 e. The number of rotatable bonds is 1. The van der Waals surface area contributed by atoms with Crippen LogP contribution in [0.1, 0.15) is 0 Å². The highest BCUT2D eigenvalue weighted by molar-refractivity contribution is 4.76. The quantitative estimate of drug-likeness (QED) is 0.410. The molecule has 0 aliphatic carbocycles. The molecule has 0 atom stereocenters. The summed E-state index contributed by atoms with van der Waals surface area (Å²) < 4.78 is 3.74. The van der Waals surface area contributed by atoms with Crippen molar-refractivity contribution in [2.45, 2.75) is 0 Å². The molecule has 0 aliphatic heterocycles. The SMILES string of the molecule is C/N=N/N=c1n(C)ccn1C. The highest BCUT2D eigenvalue weighted by Gasteiger charge is 1.89. The summed E-state index contributed by atoms with van der Waals surface area (Å²) >= 11 is 0. The second-order valence-electron chi connectivity index (χ2n) is 2.21. The fraction of sp³-hybridized carbons (Fsp3) is 0.500. The summed E-state index contributed by atoms with van der Waals surface area (Å²) in [6.07, 6.45) is 3.81. The summed E-state index contributed by atoms with van der Waals surface area (Å²) in [5, 5.41) is 10.9. The smallest absolute Gasteiger partial charge is 0.231 e. The molecule has 11 heavy (non-hydrogen) atoms. The lowest BCUT2D eigenvalue weighted by atomic mass is 10.9. The molecule has 0 saturated carbocycles. The molecule has 5 heteroatoms. The Labute approximate surface area is 64.7 Å². The van der Waals surface area contributed by atoms with E-state index in [1.165, 1.54) is 0 Å². The van der Waals surface area contributed by atoms with E-state index in [1.54, 1.807) is 7.05 Å². The molecule has 1 aromatic rings. The van der Waals surface area contributed by atoms with Crippen molar-refractivity contribution in [1.82, 2.24) is 9.13 Å². The number of aromatic nitrogens is 2. The second kappa shape index (κ2) is 3.14. The molecule has 0 fully saturated rings. The highest BCUT2D eigenvalue weighted by atomic mass is 15.4. The molecule has 0 unspecified atom stereocenters. The lowest BCUT2D eigenvalue weighted by Crippen LogP contribution is -2.20. The van der Waals surface area contributed by atoms with Gasteiger partial charge in [0, 0.05) is 26.5 Å². The molecule has 0 N–H and O–H groups in total. The molecule has 60 valence electrons. The summed E-state index contributed by atoms with van der Waals surface area (Å²) in [6, 6.07) is 0. The van der Waals surface area contributed by atoms with E-state index >= 15 is 0 Å². The van der Waals surface area contributed by atoms with E-state index in [0.717, 1.165) is 5.62 Å². The van der Waals surface area contributed by atoms with Crippen molar-refractivity contribution >= 4 is 0 Å². The van der Waals surface area contributed by atoms with Crippen molar-refractivity contribution in [3.8, 4) is 0 Å². The van der Waals surface area contributed by atoms with E-state index in [0.29, 0.717) is 0 Å². The van der Waals surface area contributed by atoms with E-state index in [4.69, 9.17) is 0 Å². The van der Waals surface area contributed by atoms with Gasteiger partial charge in [0.05, 0.1) is 7.05 Å². The van der Waals surface area contributed by atoms with Crippen molar-refractivity contribution in [1.29, 1.82) is 0 Å². The maximum atomic E-state index is 3.87. The van der Waals surface area contributed by atoms with Gasteiger partial charge >= 0.3 is 0 Å². The molecule has 0 spiro atoms. The third-order valence-corrected chi connectivity index (χ3v) is 1.37. The van der Waals surface area contributed by atoms with Crippen LogP contribution in [0.5, 0.6) is 0 Å². The monoisotopic (exact) mass is 153 g/mol. The van der Waals surface area contributed by atoms with Crippen molar-refractivity contribution in [3.05, 3.63) is 18.0 Å². The van der Waals surface area contributed by atoms with Crippen LogP contribution in [0.3, 0.4) is 0 Å². The third kappa shape index (κ3) is 1.54. The summed E-state index contributed by atoms with van der Waals surface area (Å²) in [6.45, 7) is 0. The Morgan fingerprint density at radius 3 is 2.18 bits per heavy atom. The van der Waals surface area contributed by atoms with Gasteiger partial charge in [0.15, 0.2) is 0 Å². The van der Waals surface area contributed by atoms with E-state index in [-0.39, 0.29) is 0 Å². The molecule has 0 amide bonds. The van der Waals surface area contributed by atoms with Crippen molar-refractivity contribution in [2.75, 3.05) is 7.05 Å². The van der Waals surface area contributed by atoms with E-state index in [2.05, 4.69) is 15.4 Å². The number of aryl methyl sites for hydroxylation is 2. The zero-order chi connectivity index (χ0) is 8.27. The molecular weight excluding hydrogens is 142 g/mol. The van der Waals surface area contributed by atoms with Gasteiger partial charge in [-0.3, -0.25) is 0 Å². The van der Waals surface area contributed by atoms with Crippen LogP contribution in [0.2, 0.25) is 0 Å². The minimum atomic E-state index is 0.774. The first-order chi connectivity index (χ1) is 5.25. The van der Waals surface area contributed by atoms with Gasteiger partial charge in [-0.2, -0.15) is 5.11 Å². The fourth-order valence-electron chi connectivity index (χ4n) is 0.808. The maximum absolute atomic E-state index is 3.87. The topological polar surface area (TPSA) is 46.9 Å². The zero-order valence-electron chi connectivity index (χ0n) is 6.89. The van der Waals surface area contributed by atoms with Crippen LogP contribution in [-0.2, 0) is 14.1 Å².